The summed E-state index contributed by atoms with van der Waals surface area (Å²) in [5.41, 5.74) is 7.76. The van der Waals surface area contributed by atoms with E-state index >= 15 is 0 Å². The van der Waals surface area contributed by atoms with Gasteiger partial charge in [-0.05, 0) is 12.0 Å². The van der Waals surface area contributed by atoms with Gasteiger partial charge in [0, 0.05) is 49.5 Å². The number of hydrogen-bond donors (Lipinski definition) is 8. The van der Waals surface area contributed by atoms with E-state index in [2.05, 4.69) is 35.9 Å². The molecule has 3 rings (SSSR count). The normalized spacial score (nSPS) is 13.8. The fourth-order valence-electron chi connectivity index (χ4n) is 3.96. The van der Waals surface area contributed by atoms with Crippen LogP contribution < -0.4 is 21.7 Å². The molecule has 1 aromatic carbocycles. The number of carboxylic acid groups (broad SMARTS) is 2. The Kier molecular flexibility index (Phi) is 11.1. The lowest BCUT2D eigenvalue weighted by Crippen LogP contribution is -2.58. The van der Waals surface area contributed by atoms with Crippen LogP contribution in [0, 0.1) is 0 Å². The van der Waals surface area contributed by atoms with Crippen molar-refractivity contribution in [2.24, 2.45) is 5.73 Å². The van der Waals surface area contributed by atoms with Gasteiger partial charge in [-0.2, -0.15) is 0 Å². The number of H-pyrrole nitrogens is 2. The number of rotatable bonds is 16. The van der Waals surface area contributed by atoms with Crippen LogP contribution in [0.1, 0.15) is 29.8 Å². The van der Waals surface area contributed by atoms with Gasteiger partial charge in [0.2, 0.25) is 17.7 Å². The third-order valence-electron chi connectivity index (χ3n) is 6.12. The van der Waals surface area contributed by atoms with Crippen LogP contribution in [-0.2, 0) is 43.2 Å². The number of aliphatic carboxylic acids is 2. The van der Waals surface area contributed by atoms with E-state index in [0.29, 0.717) is 17.0 Å². The van der Waals surface area contributed by atoms with Gasteiger partial charge >= 0.3 is 11.9 Å². The highest BCUT2D eigenvalue weighted by Crippen LogP contribution is 2.07. The average molecular weight is 569 g/mol. The van der Waals surface area contributed by atoms with Crippen molar-refractivity contribution in [2.45, 2.75) is 56.3 Å². The minimum absolute atomic E-state index is 0.0335. The van der Waals surface area contributed by atoms with E-state index in [0.717, 1.165) is 0 Å². The summed E-state index contributed by atoms with van der Waals surface area (Å²) in [7, 11) is 0. The number of nitrogens with zero attached hydrogens (tertiary/aromatic N) is 2. The molecule has 0 aliphatic rings. The third-order valence-corrected chi connectivity index (χ3v) is 6.12. The fourth-order valence-corrected chi connectivity index (χ4v) is 3.96. The zero-order valence-corrected chi connectivity index (χ0v) is 21.9. The zero-order valence-electron chi connectivity index (χ0n) is 21.9. The molecule has 0 radical (unpaired) electrons. The third kappa shape index (κ3) is 9.89. The Balaban J connectivity index is 1.74. The molecule has 41 heavy (non-hydrogen) atoms. The number of amides is 3. The van der Waals surface area contributed by atoms with Crippen LogP contribution in [0.3, 0.4) is 0 Å². The molecule has 0 aliphatic carbocycles. The number of nitrogens with two attached hydrogens (primary N) is 1. The zero-order chi connectivity index (χ0) is 29.8. The molecule has 0 spiro atoms. The number of imidazole rings is 2. The van der Waals surface area contributed by atoms with E-state index in [1.807, 2.05) is 0 Å². The number of nitrogens with one attached hydrogen (secondary N) is 5. The molecule has 4 unspecified atom stereocenters. The maximum Gasteiger partial charge on any atom is 0.326 e. The van der Waals surface area contributed by atoms with Crippen LogP contribution in [0.2, 0.25) is 0 Å². The van der Waals surface area contributed by atoms with Crippen molar-refractivity contribution < 1.29 is 34.2 Å². The number of benzene rings is 1. The molecule has 15 nitrogen and oxygen atoms in total. The predicted octanol–water partition coefficient (Wildman–Crippen LogP) is -1.11. The second-order valence-corrected chi connectivity index (χ2v) is 9.31. The predicted molar refractivity (Wildman–Crippen MR) is 143 cm³/mol. The van der Waals surface area contributed by atoms with Gasteiger partial charge in [0.25, 0.3) is 0 Å². The summed E-state index contributed by atoms with van der Waals surface area (Å²) < 4.78 is 0. The fraction of sp³-hybridized carbons (Fsp3) is 0.346. The number of aromatic nitrogens is 4. The van der Waals surface area contributed by atoms with Crippen LogP contribution in [0.4, 0.5) is 0 Å². The first kappa shape index (κ1) is 30.5. The van der Waals surface area contributed by atoms with Crippen molar-refractivity contribution in [1.82, 2.24) is 35.9 Å². The number of carbonyl (C=O) groups excluding carboxylic acids is 3. The summed E-state index contributed by atoms with van der Waals surface area (Å²) in [4.78, 5) is 75.9. The second kappa shape index (κ2) is 14.9. The topological polar surface area (TPSA) is 245 Å². The van der Waals surface area contributed by atoms with Gasteiger partial charge in [0.1, 0.15) is 18.1 Å². The molecule has 4 atom stereocenters. The molecule has 0 fully saturated rings. The van der Waals surface area contributed by atoms with Crippen LogP contribution >= 0.6 is 0 Å². The maximum atomic E-state index is 13.4. The Hall–Kier alpha value is -5.05. The molecule has 0 aliphatic heterocycles. The SMILES string of the molecule is NC(Cc1cnc[nH]1)C(=O)NC(Cc1cnc[nH]1)C(=O)NC(CCC(=O)O)C(=O)NC(Cc1ccccc1)C(=O)O. The highest BCUT2D eigenvalue weighted by Gasteiger charge is 2.31. The number of carbonyl (C=O) groups is 5. The number of carboxylic acids is 2. The quantitative estimate of drug-likeness (QED) is 0.103. The van der Waals surface area contributed by atoms with Crippen molar-refractivity contribution in [1.29, 1.82) is 0 Å². The van der Waals surface area contributed by atoms with Crippen molar-refractivity contribution in [3.8, 4) is 0 Å². The lowest BCUT2D eigenvalue weighted by molar-refractivity contribution is -0.143. The van der Waals surface area contributed by atoms with E-state index < -0.39 is 60.2 Å². The van der Waals surface area contributed by atoms with Gasteiger partial charge in [0.15, 0.2) is 0 Å². The average Bonchev–Trinajstić information content (AvgIpc) is 3.65. The van der Waals surface area contributed by atoms with Crippen LogP contribution in [0.25, 0.3) is 0 Å². The molecule has 2 aromatic heterocycles. The lowest BCUT2D eigenvalue weighted by Gasteiger charge is -2.25. The first-order chi connectivity index (χ1) is 19.6. The minimum atomic E-state index is -1.41. The van der Waals surface area contributed by atoms with Crippen molar-refractivity contribution in [2.75, 3.05) is 0 Å². The Morgan fingerprint density at radius 1 is 0.756 bits per heavy atom. The molecule has 3 aromatic rings. The van der Waals surface area contributed by atoms with Gasteiger partial charge in [-0.1, -0.05) is 30.3 Å². The standard InChI is InChI=1S/C26H32N8O7/c27-18(9-16-11-28-13-30-16)23(37)33-20(10-17-12-29-14-31-17)25(39)32-19(6-7-22(35)36)24(38)34-21(26(40)41)8-15-4-2-1-3-5-15/h1-5,11-14,18-21H,6-10,27H2,(H,28,30)(H,29,31)(H,32,39)(H,33,37)(H,34,38)(H,35,36)(H,40,41). The molecule has 3 amide bonds. The Morgan fingerprint density at radius 3 is 1.88 bits per heavy atom. The second-order valence-electron chi connectivity index (χ2n) is 9.31. The highest BCUT2D eigenvalue weighted by molar-refractivity contribution is 5.94. The monoisotopic (exact) mass is 568 g/mol. The van der Waals surface area contributed by atoms with E-state index in [4.69, 9.17) is 5.73 Å². The first-order valence-electron chi connectivity index (χ1n) is 12.7. The molecular formula is C26H32N8O7. The van der Waals surface area contributed by atoms with Crippen molar-refractivity contribution in [3.05, 3.63) is 72.3 Å². The van der Waals surface area contributed by atoms with E-state index in [-0.39, 0.29) is 25.7 Å². The minimum Gasteiger partial charge on any atom is -0.481 e. The van der Waals surface area contributed by atoms with E-state index in [1.54, 1.807) is 30.3 Å². The maximum absolute atomic E-state index is 13.4. The summed E-state index contributed by atoms with van der Waals surface area (Å²) in [6.45, 7) is 0. The van der Waals surface area contributed by atoms with Crippen LogP contribution in [-0.4, -0.2) is 84.0 Å². The van der Waals surface area contributed by atoms with E-state index in [9.17, 15) is 34.2 Å². The molecule has 2 heterocycles. The Morgan fingerprint density at radius 2 is 1.32 bits per heavy atom. The number of hydrogen-bond acceptors (Lipinski definition) is 8. The largest absolute Gasteiger partial charge is 0.481 e. The molecule has 15 heteroatoms. The first-order valence-corrected chi connectivity index (χ1v) is 12.7. The van der Waals surface area contributed by atoms with Gasteiger partial charge in [-0.25, -0.2) is 14.8 Å². The van der Waals surface area contributed by atoms with E-state index in [1.165, 1.54) is 25.0 Å². The highest BCUT2D eigenvalue weighted by atomic mass is 16.4. The van der Waals surface area contributed by atoms with Crippen LogP contribution in [0.15, 0.2) is 55.4 Å². The molecule has 9 N–H and O–H groups in total. The van der Waals surface area contributed by atoms with Crippen molar-refractivity contribution >= 4 is 29.7 Å². The van der Waals surface area contributed by atoms with Crippen molar-refractivity contribution in [3.63, 3.8) is 0 Å². The van der Waals surface area contributed by atoms with Gasteiger partial charge in [0.05, 0.1) is 18.7 Å². The summed E-state index contributed by atoms with van der Waals surface area (Å²) in [5.74, 6) is -4.86. The molecule has 218 valence electrons. The Labute approximate surface area is 234 Å². The lowest BCUT2D eigenvalue weighted by atomic mass is 10.0. The number of aromatic amines is 2. The molecule has 0 saturated carbocycles. The summed E-state index contributed by atoms with van der Waals surface area (Å²) >= 11 is 0. The summed E-state index contributed by atoms with van der Waals surface area (Å²) in [6.07, 6.45) is 5.01. The van der Waals surface area contributed by atoms with Gasteiger partial charge in [-0.15, -0.1) is 0 Å². The molecule has 0 saturated heterocycles. The Bertz CT molecular complexity index is 1300. The summed E-state index contributed by atoms with van der Waals surface area (Å²) in [6, 6.07) is 3.60. The summed E-state index contributed by atoms with van der Waals surface area (Å²) in [5, 5.41) is 26.3. The molecule has 0 bridgehead atoms. The van der Waals surface area contributed by atoms with Gasteiger partial charge in [-0.3, -0.25) is 19.2 Å². The smallest absolute Gasteiger partial charge is 0.326 e. The van der Waals surface area contributed by atoms with Crippen LogP contribution in [0.5, 0.6) is 0 Å². The molecular weight excluding hydrogens is 536 g/mol. The van der Waals surface area contributed by atoms with Gasteiger partial charge < -0.3 is 41.9 Å².